The van der Waals surface area contributed by atoms with Gasteiger partial charge in [0.05, 0.1) is 13.7 Å². The fraction of sp³-hybridized carbons (Fsp3) is 0.429. The van der Waals surface area contributed by atoms with Gasteiger partial charge >= 0.3 is 11.9 Å². The largest absolute Gasteiger partial charge is 0.501 e. The molecule has 10 nitrogen and oxygen atoms in total. The van der Waals surface area contributed by atoms with Gasteiger partial charge in [-0.1, -0.05) is 18.1 Å². The number of benzene rings is 1. The molecule has 1 unspecified atom stereocenters. The third kappa shape index (κ3) is 4.05. The third-order valence-corrected chi connectivity index (χ3v) is 5.42. The van der Waals surface area contributed by atoms with Crippen molar-refractivity contribution < 1.29 is 28.2 Å². The summed E-state index contributed by atoms with van der Waals surface area (Å²) in [6, 6.07) is 6.35. The number of nitrogens with zero attached hydrogens (tertiary/aromatic N) is 4. The summed E-state index contributed by atoms with van der Waals surface area (Å²) in [6.45, 7) is 1.96. The van der Waals surface area contributed by atoms with Crippen molar-refractivity contribution in [3.63, 3.8) is 0 Å². The van der Waals surface area contributed by atoms with E-state index in [4.69, 9.17) is 9.26 Å². The summed E-state index contributed by atoms with van der Waals surface area (Å²) < 4.78 is 11.9. The molecule has 162 valence electrons. The maximum absolute atomic E-state index is 13.3. The van der Waals surface area contributed by atoms with Crippen molar-refractivity contribution in [2.45, 2.75) is 38.5 Å². The van der Waals surface area contributed by atoms with Crippen LogP contribution in [0.5, 0.6) is 5.75 Å². The maximum Gasteiger partial charge on any atom is 0.501 e. The Kier molecular flexibility index (Phi) is 5.79. The van der Waals surface area contributed by atoms with E-state index in [0.717, 1.165) is 17.7 Å². The van der Waals surface area contributed by atoms with E-state index in [2.05, 4.69) is 15.5 Å². The van der Waals surface area contributed by atoms with Gasteiger partial charge in [-0.15, -0.1) is 4.90 Å². The molecule has 2 aromatic rings. The Bertz CT molecular complexity index is 1060. The second-order valence-corrected chi connectivity index (χ2v) is 7.42. The highest BCUT2D eigenvalue weighted by molar-refractivity contribution is 6.15. The van der Waals surface area contributed by atoms with Gasteiger partial charge in [-0.25, -0.2) is 4.79 Å². The molecule has 0 radical (unpaired) electrons. The highest BCUT2D eigenvalue weighted by Crippen LogP contribution is 2.28. The lowest BCUT2D eigenvalue weighted by Gasteiger charge is -2.28. The van der Waals surface area contributed by atoms with Crippen LogP contribution < -0.4 is 10.1 Å². The summed E-state index contributed by atoms with van der Waals surface area (Å²) in [6.07, 6.45) is 2.84. The van der Waals surface area contributed by atoms with E-state index >= 15 is 0 Å². The minimum Gasteiger partial charge on any atom is -0.497 e. The SMILES string of the molecule is CCc1nc(C2C(=O)N(CC(=O)Nc3cccc(OC)c3)C(=O)[N+]3=C2CCCC3)no1. The number of amides is 4. The number of hydrogen-bond donors (Lipinski definition) is 1. The number of carbonyl (C=O) groups is 3. The number of rotatable bonds is 6. The Morgan fingerprint density at radius 1 is 1.35 bits per heavy atom. The summed E-state index contributed by atoms with van der Waals surface area (Å²) >= 11 is 0. The van der Waals surface area contributed by atoms with Gasteiger partial charge in [0.15, 0.2) is 18.3 Å². The topological polar surface area (TPSA) is 118 Å². The van der Waals surface area contributed by atoms with E-state index in [1.54, 1.807) is 28.8 Å². The van der Waals surface area contributed by atoms with Gasteiger partial charge in [-0.2, -0.15) is 14.4 Å². The highest BCUT2D eigenvalue weighted by Gasteiger charge is 2.51. The van der Waals surface area contributed by atoms with Crippen LogP contribution in [0.1, 0.15) is 43.8 Å². The first kappa shape index (κ1) is 20.7. The molecule has 1 N–H and O–H groups in total. The van der Waals surface area contributed by atoms with Crippen LogP contribution in [-0.2, 0) is 16.0 Å². The average molecular weight is 426 g/mol. The monoisotopic (exact) mass is 426 g/mol. The molecule has 2 aliphatic heterocycles. The molecule has 4 rings (SSSR count). The van der Waals surface area contributed by atoms with Gasteiger partial charge in [-0.3, -0.25) is 4.79 Å². The quantitative estimate of drug-likeness (QED) is 0.702. The molecule has 1 aromatic carbocycles. The fourth-order valence-electron chi connectivity index (χ4n) is 3.89. The Labute approximate surface area is 178 Å². The molecule has 0 aliphatic carbocycles. The molecule has 0 saturated carbocycles. The van der Waals surface area contributed by atoms with Crippen LogP contribution in [0.3, 0.4) is 0 Å². The molecule has 0 spiro atoms. The molecule has 3 heterocycles. The Morgan fingerprint density at radius 3 is 2.94 bits per heavy atom. The van der Waals surface area contributed by atoms with Crippen molar-refractivity contribution in [3.05, 3.63) is 36.0 Å². The van der Waals surface area contributed by atoms with Crippen LogP contribution >= 0.6 is 0 Å². The lowest BCUT2D eigenvalue weighted by atomic mass is 9.91. The van der Waals surface area contributed by atoms with Crippen LogP contribution in [0.15, 0.2) is 28.8 Å². The van der Waals surface area contributed by atoms with Crippen molar-refractivity contribution in [1.82, 2.24) is 15.0 Å². The number of hydrogen-bond acceptors (Lipinski definition) is 7. The zero-order valence-electron chi connectivity index (χ0n) is 17.5. The second kappa shape index (κ2) is 8.66. The first-order valence-corrected chi connectivity index (χ1v) is 10.3. The van der Waals surface area contributed by atoms with Crippen molar-refractivity contribution in [1.29, 1.82) is 0 Å². The minimum atomic E-state index is -0.827. The van der Waals surface area contributed by atoms with Gasteiger partial charge in [-0.05, 0) is 25.0 Å². The molecule has 0 fully saturated rings. The van der Waals surface area contributed by atoms with Gasteiger partial charge in [0.2, 0.25) is 5.89 Å². The average Bonchev–Trinajstić information content (AvgIpc) is 3.26. The maximum atomic E-state index is 13.3. The number of nitrogens with one attached hydrogen (secondary N) is 1. The second-order valence-electron chi connectivity index (χ2n) is 7.42. The molecule has 0 saturated heterocycles. The molecular weight excluding hydrogens is 402 g/mol. The van der Waals surface area contributed by atoms with Crippen molar-refractivity contribution in [2.75, 3.05) is 25.5 Å². The van der Waals surface area contributed by atoms with Crippen molar-refractivity contribution in [3.8, 4) is 5.75 Å². The first-order valence-electron chi connectivity index (χ1n) is 10.3. The number of imide groups is 1. The van der Waals surface area contributed by atoms with E-state index in [9.17, 15) is 14.4 Å². The minimum absolute atomic E-state index is 0.231. The lowest BCUT2D eigenvalue weighted by molar-refractivity contribution is -0.446. The van der Waals surface area contributed by atoms with Crippen LogP contribution in [0, 0.1) is 0 Å². The summed E-state index contributed by atoms with van der Waals surface area (Å²) in [4.78, 5) is 44.3. The smallest absolute Gasteiger partial charge is 0.497 e. The number of carbonyl (C=O) groups excluding carboxylic acids is 3. The zero-order valence-corrected chi connectivity index (χ0v) is 17.5. The van der Waals surface area contributed by atoms with E-state index in [1.165, 1.54) is 7.11 Å². The number of anilines is 1. The molecular formula is C21H24N5O5+. The Morgan fingerprint density at radius 2 is 2.19 bits per heavy atom. The summed E-state index contributed by atoms with van der Waals surface area (Å²) in [5.41, 5.74) is 1.18. The molecule has 0 bridgehead atoms. The van der Waals surface area contributed by atoms with Gasteiger partial charge < -0.3 is 14.6 Å². The van der Waals surface area contributed by atoms with E-state index < -0.39 is 30.3 Å². The van der Waals surface area contributed by atoms with Crippen molar-refractivity contribution >= 4 is 29.2 Å². The van der Waals surface area contributed by atoms with Crippen molar-refractivity contribution in [2.24, 2.45) is 0 Å². The lowest BCUT2D eigenvalue weighted by Crippen LogP contribution is -2.56. The molecule has 4 amide bonds. The van der Waals surface area contributed by atoms with E-state index in [-0.39, 0.29) is 5.82 Å². The van der Waals surface area contributed by atoms with E-state index in [1.807, 2.05) is 6.92 Å². The van der Waals surface area contributed by atoms with Crippen LogP contribution in [0.2, 0.25) is 0 Å². The predicted molar refractivity (Wildman–Crippen MR) is 109 cm³/mol. The Hall–Kier alpha value is -3.56. The van der Waals surface area contributed by atoms with Crippen LogP contribution in [-0.4, -0.2) is 63.4 Å². The standard InChI is InChI=1S/C21H23N5O5/c1-3-17-23-19(24-31-17)18-15-9-4-5-10-25(15)21(29)26(20(18)28)12-16(27)22-13-7-6-8-14(11-13)30-2/h6-8,11,18H,3-5,9-10,12H2,1-2H3/p+1. The number of ether oxygens (including phenoxy) is 1. The number of aryl methyl sites for hydroxylation is 1. The van der Waals surface area contributed by atoms with E-state index in [0.29, 0.717) is 42.4 Å². The molecule has 1 aromatic heterocycles. The van der Waals surface area contributed by atoms with Crippen LogP contribution in [0.4, 0.5) is 10.5 Å². The first-order chi connectivity index (χ1) is 15.0. The van der Waals surface area contributed by atoms with Gasteiger partial charge in [0.1, 0.15) is 11.5 Å². The molecule has 1 atom stereocenters. The summed E-state index contributed by atoms with van der Waals surface area (Å²) in [5, 5.41) is 6.68. The summed E-state index contributed by atoms with van der Waals surface area (Å²) in [7, 11) is 1.53. The highest BCUT2D eigenvalue weighted by atomic mass is 16.5. The van der Waals surface area contributed by atoms with Crippen LogP contribution in [0.25, 0.3) is 0 Å². The Balaban J connectivity index is 1.60. The number of aromatic nitrogens is 2. The zero-order chi connectivity index (χ0) is 22.0. The molecule has 31 heavy (non-hydrogen) atoms. The third-order valence-electron chi connectivity index (χ3n) is 5.42. The number of methoxy groups -OCH3 is 1. The van der Waals surface area contributed by atoms with Gasteiger partial charge in [0, 0.05) is 24.6 Å². The molecule has 10 heteroatoms. The normalized spacial score (nSPS) is 18.8. The number of urea groups is 1. The van der Waals surface area contributed by atoms with Gasteiger partial charge in [0.25, 0.3) is 5.91 Å². The fourth-order valence-corrected chi connectivity index (χ4v) is 3.89. The predicted octanol–water partition coefficient (Wildman–Crippen LogP) is 1.96. The summed E-state index contributed by atoms with van der Waals surface area (Å²) in [5.74, 6) is -0.593. The molecule has 2 aliphatic rings.